The van der Waals surface area contributed by atoms with Crippen molar-refractivity contribution in [1.82, 2.24) is 20.0 Å². The normalized spacial score (nSPS) is 15.2. The highest BCUT2D eigenvalue weighted by Gasteiger charge is 2.41. The molecule has 6 N–H and O–H groups in total. The minimum atomic E-state index is -1.16. The number of ether oxygens (including phenoxy) is 1. The molecule has 12 nitrogen and oxygen atoms in total. The van der Waals surface area contributed by atoms with Crippen LogP contribution in [0.5, 0.6) is 5.75 Å². The van der Waals surface area contributed by atoms with Crippen molar-refractivity contribution in [1.29, 1.82) is 0 Å². The van der Waals surface area contributed by atoms with Gasteiger partial charge in [-0.1, -0.05) is 49.7 Å². The van der Waals surface area contributed by atoms with Crippen molar-refractivity contribution in [2.75, 3.05) is 31.9 Å². The fourth-order valence-electron chi connectivity index (χ4n) is 5.25. The van der Waals surface area contributed by atoms with Crippen LogP contribution >= 0.6 is 24.0 Å². The predicted octanol–water partition coefficient (Wildman–Crippen LogP) is 4.99. The number of aliphatic imine (C=N–C) groups is 1. The number of nitrogens with two attached hydrogens (primary N) is 2. The van der Waals surface area contributed by atoms with Gasteiger partial charge in [-0.15, -0.1) is 12.4 Å². The monoisotopic (exact) mass is 727 g/mol. The lowest BCUT2D eigenvalue weighted by Crippen LogP contribution is -2.40. The molecule has 15 heteroatoms. The second-order valence-electron chi connectivity index (χ2n) is 10.9. The van der Waals surface area contributed by atoms with Crippen molar-refractivity contribution in [3.63, 3.8) is 0 Å². The summed E-state index contributed by atoms with van der Waals surface area (Å²) in [4.78, 5) is 43.2. The Morgan fingerprint density at radius 1 is 1.16 bits per heavy atom. The number of anilines is 1. The first-order valence-corrected chi connectivity index (χ1v) is 16.2. The van der Waals surface area contributed by atoms with E-state index < -0.39 is 29.8 Å². The lowest BCUT2D eigenvalue weighted by molar-refractivity contribution is -0.141. The fraction of sp³-hybridized carbons (Fsp3) is 0.286. The Morgan fingerprint density at radius 3 is 2.64 bits per heavy atom. The largest absolute Gasteiger partial charge is 0.488 e. The average Bonchev–Trinajstić information content (AvgIpc) is 3.75. The fourth-order valence-corrected chi connectivity index (χ4v) is 5.51. The zero-order chi connectivity index (χ0) is 35.5. The number of nitrogens with zero attached hydrogens (tertiary/aromatic N) is 4. The Kier molecular flexibility index (Phi) is 14.8. The van der Waals surface area contributed by atoms with E-state index in [2.05, 4.69) is 15.4 Å². The van der Waals surface area contributed by atoms with Crippen LogP contribution in [-0.4, -0.2) is 82.1 Å². The minimum absolute atomic E-state index is 0. The van der Waals surface area contributed by atoms with Gasteiger partial charge in [-0.3, -0.25) is 14.6 Å². The zero-order valence-electron chi connectivity index (χ0n) is 27.6. The number of aliphatic carboxylic acids is 1. The van der Waals surface area contributed by atoms with E-state index in [0.717, 1.165) is 17.2 Å². The lowest BCUT2D eigenvalue weighted by Gasteiger charge is -2.20. The number of carbonyl (C=O) groups is 3. The standard InChI is InChI=1S/C33H33ClFN7O5.C2H6.ClH/c34-27-13-22(35)8-9-29(27)42-18-21(15-40-42)32(44)41-19-24(14-30(41)33(45)46)47-23-5-1-4-20(12-23)25-6-2-7-28(37)26(25)16-38-17-31(43)39-11-3-10-36;1-2;/h1-2,4-9,12-13,15-16,18,24,30H,3,10-11,14,17,19,36-37H2,(H,39,43)(H,45,46);1-2H3;1H. The molecule has 4 aromatic rings. The Bertz CT molecular complexity index is 1820. The predicted molar refractivity (Wildman–Crippen MR) is 194 cm³/mol. The van der Waals surface area contributed by atoms with Gasteiger partial charge in [0.2, 0.25) is 5.91 Å². The Labute approximate surface area is 300 Å². The highest BCUT2D eigenvalue weighted by Crippen LogP contribution is 2.31. The summed E-state index contributed by atoms with van der Waals surface area (Å²) < 4.78 is 21.0. The van der Waals surface area contributed by atoms with Gasteiger partial charge in [0.05, 0.1) is 29.0 Å². The van der Waals surface area contributed by atoms with E-state index in [1.165, 1.54) is 34.1 Å². The first-order valence-electron chi connectivity index (χ1n) is 15.8. The number of halogens is 3. The van der Waals surface area contributed by atoms with Gasteiger partial charge in [0, 0.05) is 36.6 Å². The number of carboxylic acid groups (broad SMARTS) is 1. The van der Waals surface area contributed by atoms with E-state index in [1.54, 1.807) is 36.5 Å². The van der Waals surface area contributed by atoms with Gasteiger partial charge in [0.25, 0.3) is 5.91 Å². The number of likely N-dealkylation sites (tertiary alicyclic amines) is 1. The molecule has 0 aliphatic carbocycles. The van der Waals surface area contributed by atoms with Crippen LogP contribution in [-0.2, 0) is 9.59 Å². The molecule has 266 valence electrons. The maximum Gasteiger partial charge on any atom is 0.326 e. The Hall–Kier alpha value is -4.98. The van der Waals surface area contributed by atoms with E-state index in [-0.39, 0.29) is 48.4 Å². The summed E-state index contributed by atoms with van der Waals surface area (Å²) in [5, 5.41) is 17.0. The molecule has 1 aliphatic heterocycles. The average molecular weight is 729 g/mol. The molecule has 0 bridgehead atoms. The van der Waals surface area contributed by atoms with Crippen molar-refractivity contribution in [2.45, 2.75) is 38.8 Å². The van der Waals surface area contributed by atoms with E-state index in [0.29, 0.717) is 42.2 Å². The number of rotatable bonds is 12. The van der Waals surface area contributed by atoms with Crippen molar-refractivity contribution in [3.8, 4) is 22.6 Å². The number of carboxylic acids is 1. The van der Waals surface area contributed by atoms with Crippen LogP contribution < -0.4 is 21.5 Å². The molecule has 2 unspecified atom stereocenters. The molecule has 2 amide bonds. The van der Waals surface area contributed by atoms with Gasteiger partial charge >= 0.3 is 5.97 Å². The van der Waals surface area contributed by atoms with Crippen LogP contribution in [0.4, 0.5) is 10.1 Å². The molecule has 3 aromatic carbocycles. The molecule has 1 aliphatic rings. The van der Waals surface area contributed by atoms with Crippen LogP contribution in [0.15, 0.2) is 78.0 Å². The van der Waals surface area contributed by atoms with Crippen LogP contribution in [0.3, 0.4) is 0 Å². The van der Waals surface area contributed by atoms with Gasteiger partial charge < -0.3 is 31.5 Å². The highest BCUT2D eigenvalue weighted by atomic mass is 35.5. The van der Waals surface area contributed by atoms with Gasteiger partial charge in [0.1, 0.15) is 30.3 Å². The molecule has 0 spiro atoms. The SMILES string of the molecule is CC.Cl.NCCCNC(=O)CN=Cc1c(N)cccc1-c1cccc(OC2CC(C(=O)O)N(C(=O)c3cnn(-c4ccc(F)cc4Cl)c3)C2)c1. The number of hydrogen-bond donors (Lipinski definition) is 4. The maximum absolute atomic E-state index is 13.5. The molecule has 50 heavy (non-hydrogen) atoms. The maximum atomic E-state index is 13.5. The molecule has 1 fully saturated rings. The summed E-state index contributed by atoms with van der Waals surface area (Å²) in [5.41, 5.74) is 14.9. The molecule has 1 saturated heterocycles. The second kappa shape index (κ2) is 18.7. The zero-order valence-corrected chi connectivity index (χ0v) is 29.2. The molecule has 2 atom stereocenters. The van der Waals surface area contributed by atoms with Crippen molar-refractivity contribution in [2.24, 2.45) is 10.7 Å². The lowest BCUT2D eigenvalue weighted by atomic mass is 9.98. The molecule has 2 heterocycles. The van der Waals surface area contributed by atoms with Gasteiger partial charge in [-0.25, -0.2) is 13.9 Å². The Balaban J connectivity index is 0.00000221. The summed E-state index contributed by atoms with van der Waals surface area (Å²) in [5.74, 6) is -1.98. The van der Waals surface area contributed by atoms with Crippen molar-refractivity contribution < 1.29 is 28.6 Å². The first kappa shape index (κ1) is 39.5. The topological polar surface area (TPSA) is 178 Å². The third kappa shape index (κ3) is 9.80. The van der Waals surface area contributed by atoms with E-state index >= 15 is 0 Å². The van der Waals surface area contributed by atoms with Gasteiger partial charge in [-0.2, -0.15) is 5.10 Å². The first-order chi connectivity index (χ1) is 23.6. The third-order valence-corrected chi connectivity index (χ3v) is 7.84. The Morgan fingerprint density at radius 2 is 1.92 bits per heavy atom. The van der Waals surface area contributed by atoms with Crippen LogP contribution in [0, 0.1) is 5.82 Å². The van der Waals surface area contributed by atoms with Crippen molar-refractivity contribution >= 4 is 53.7 Å². The number of hydrogen-bond acceptors (Lipinski definition) is 8. The van der Waals surface area contributed by atoms with Crippen LogP contribution in [0.1, 0.15) is 42.6 Å². The van der Waals surface area contributed by atoms with Gasteiger partial charge in [0.15, 0.2) is 0 Å². The van der Waals surface area contributed by atoms with E-state index in [9.17, 15) is 23.9 Å². The summed E-state index contributed by atoms with van der Waals surface area (Å²) in [6.45, 7) is 4.92. The highest BCUT2D eigenvalue weighted by molar-refractivity contribution is 6.32. The number of amides is 2. The molecular formula is C35H40Cl2FN7O5. The number of benzene rings is 3. The summed E-state index contributed by atoms with van der Waals surface area (Å²) in [6.07, 6.45) is 4.41. The minimum Gasteiger partial charge on any atom is -0.488 e. The molecule has 1 aromatic heterocycles. The van der Waals surface area contributed by atoms with Crippen LogP contribution in [0.2, 0.25) is 5.02 Å². The number of aromatic nitrogens is 2. The molecule has 0 radical (unpaired) electrons. The molecule has 5 rings (SSSR count). The number of carbonyl (C=O) groups excluding carboxylic acids is 2. The van der Waals surface area contributed by atoms with Crippen molar-refractivity contribution in [3.05, 3.63) is 95.0 Å². The quantitative estimate of drug-likeness (QED) is 0.0896. The number of nitrogen functional groups attached to an aromatic ring is 1. The molecule has 0 saturated carbocycles. The van der Waals surface area contributed by atoms with E-state index in [1.807, 2.05) is 26.0 Å². The van der Waals surface area contributed by atoms with Crippen LogP contribution in [0.25, 0.3) is 16.8 Å². The summed E-state index contributed by atoms with van der Waals surface area (Å²) in [6, 6.07) is 15.3. The smallest absolute Gasteiger partial charge is 0.326 e. The van der Waals surface area contributed by atoms with Gasteiger partial charge in [-0.05, 0) is 60.5 Å². The summed E-state index contributed by atoms with van der Waals surface area (Å²) in [7, 11) is 0. The second-order valence-corrected chi connectivity index (χ2v) is 11.3. The number of nitrogens with one attached hydrogen (secondary N) is 1. The van der Waals surface area contributed by atoms with E-state index in [4.69, 9.17) is 27.8 Å². The molecular weight excluding hydrogens is 688 g/mol. The third-order valence-electron chi connectivity index (χ3n) is 7.54. The summed E-state index contributed by atoms with van der Waals surface area (Å²) >= 11 is 6.14.